The zero-order valence-corrected chi connectivity index (χ0v) is 15.8. The van der Waals surface area contributed by atoms with Gasteiger partial charge in [0.05, 0.1) is 5.92 Å². The van der Waals surface area contributed by atoms with Gasteiger partial charge < -0.3 is 9.84 Å². The van der Waals surface area contributed by atoms with E-state index >= 15 is 0 Å². The first-order valence-corrected chi connectivity index (χ1v) is 10.2. The number of unbranched alkanes of at least 4 members (excludes halogenated alkanes) is 10. The Hall–Kier alpha value is -0.830. The molecule has 0 aromatic rings. The minimum absolute atomic E-state index is 0.215. The number of aliphatic hydroxyl groups excluding tert-OH is 1. The highest BCUT2D eigenvalue weighted by Crippen LogP contribution is 2.26. The number of ether oxygens (including phenoxy) is 1. The lowest BCUT2D eigenvalue weighted by atomic mass is 9.95. The molecule has 1 saturated heterocycles. The molecule has 1 aliphatic heterocycles. The Labute approximate surface area is 148 Å². The number of aliphatic hydroxyl groups is 1. The summed E-state index contributed by atoms with van der Waals surface area (Å²) in [4.78, 5) is 11.6. The van der Waals surface area contributed by atoms with Gasteiger partial charge >= 0.3 is 5.97 Å². The van der Waals surface area contributed by atoms with Crippen molar-refractivity contribution in [3.05, 3.63) is 12.2 Å². The summed E-state index contributed by atoms with van der Waals surface area (Å²) in [6, 6.07) is 0. The second-order valence-electron chi connectivity index (χ2n) is 7.26. The molecule has 3 nitrogen and oxygen atoms in total. The largest absolute Gasteiger partial charge is 0.460 e. The highest BCUT2D eigenvalue weighted by Gasteiger charge is 2.40. The van der Waals surface area contributed by atoms with Crippen LogP contribution < -0.4 is 0 Å². The van der Waals surface area contributed by atoms with Gasteiger partial charge in [-0.3, -0.25) is 4.79 Å². The lowest BCUT2D eigenvalue weighted by molar-refractivity contribution is -0.143. The number of carbonyl (C=O) groups is 1. The fourth-order valence-electron chi connectivity index (χ4n) is 3.35. The van der Waals surface area contributed by atoms with Gasteiger partial charge in [-0.25, -0.2) is 0 Å². The quantitative estimate of drug-likeness (QED) is 0.256. The summed E-state index contributed by atoms with van der Waals surface area (Å²) in [6.07, 6.45) is 19.6. The van der Waals surface area contributed by atoms with Crippen molar-refractivity contribution < 1.29 is 14.6 Å². The molecule has 0 spiro atoms. The number of hydrogen-bond donors (Lipinski definition) is 1. The summed E-state index contributed by atoms with van der Waals surface area (Å²) in [5.41, 5.74) is 0. The van der Waals surface area contributed by atoms with Crippen LogP contribution in [0.2, 0.25) is 0 Å². The van der Waals surface area contributed by atoms with Crippen LogP contribution in [0.5, 0.6) is 0 Å². The number of hydrogen-bond acceptors (Lipinski definition) is 3. The molecule has 0 aromatic heterocycles. The minimum atomic E-state index is -0.609. The monoisotopic (exact) mass is 338 g/mol. The summed E-state index contributed by atoms with van der Waals surface area (Å²) < 4.78 is 5.06. The van der Waals surface area contributed by atoms with Crippen molar-refractivity contribution in [2.24, 2.45) is 5.92 Å². The van der Waals surface area contributed by atoms with Gasteiger partial charge in [0.15, 0.2) is 0 Å². The standard InChI is InChI=1S/C21H38O3/c1-3-4-5-6-7-8-9-10-11-12-13-14-15-16-17-19-20(22)18(2)24-21(19)23/h10-11,18-20,22H,3-9,12-17H2,1-2H3/b11-10-/t18-,19+,20+/m0/s1. The number of carbonyl (C=O) groups excluding carboxylic acids is 1. The molecule has 0 unspecified atom stereocenters. The predicted octanol–water partition coefficient (Wildman–Crippen LogP) is 5.56. The van der Waals surface area contributed by atoms with Crippen LogP contribution in [0.15, 0.2) is 12.2 Å². The lowest BCUT2D eigenvalue weighted by Crippen LogP contribution is -2.24. The third-order valence-electron chi connectivity index (χ3n) is 5.02. The van der Waals surface area contributed by atoms with Crippen molar-refractivity contribution in [1.29, 1.82) is 0 Å². The van der Waals surface area contributed by atoms with Crippen molar-refractivity contribution in [2.45, 2.75) is 110 Å². The van der Waals surface area contributed by atoms with E-state index in [0.717, 1.165) is 19.3 Å². The molecule has 1 rings (SSSR count). The Balaban J connectivity index is 1.87. The highest BCUT2D eigenvalue weighted by atomic mass is 16.6. The molecule has 0 aromatic carbocycles. The zero-order chi connectivity index (χ0) is 17.6. The average Bonchev–Trinajstić information content (AvgIpc) is 2.81. The molecule has 1 N–H and O–H groups in total. The maximum atomic E-state index is 11.6. The van der Waals surface area contributed by atoms with Crippen LogP contribution in [-0.4, -0.2) is 23.3 Å². The Morgan fingerprint density at radius 2 is 1.46 bits per heavy atom. The van der Waals surface area contributed by atoms with E-state index in [1.807, 2.05) is 0 Å². The Morgan fingerprint density at radius 3 is 2.00 bits per heavy atom. The van der Waals surface area contributed by atoms with Crippen LogP contribution in [0.3, 0.4) is 0 Å². The van der Waals surface area contributed by atoms with Gasteiger partial charge in [-0.05, 0) is 39.0 Å². The van der Waals surface area contributed by atoms with E-state index in [1.165, 1.54) is 64.2 Å². The third-order valence-corrected chi connectivity index (χ3v) is 5.02. The van der Waals surface area contributed by atoms with E-state index in [0.29, 0.717) is 0 Å². The van der Waals surface area contributed by atoms with Crippen molar-refractivity contribution in [1.82, 2.24) is 0 Å². The zero-order valence-electron chi connectivity index (χ0n) is 15.8. The van der Waals surface area contributed by atoms with Crippen LogP contribution in [0, 0.1) is 5.92 Å². The van der Waals surface area contributed by atoms with Gasteiger partial charge in [0, 0.05) is 0 Å². The molecular formula is C21H38O3. The molecule has 0 amide bonds. The normalized spacial score (nSPS) is 24.0. The number of esters is 1. The molecule has 1 aliphatic rings. The fraction of sp³-hybridized carbons (Fsp3) is 0.857. The van der Waals surface area contributed by atoms with Crippen LogP contribution >= 0.6 is 0 Å². The fourth-order valence-corrected chi connectivity index (χ4v) is 3.35. The Morgan fingerprint density at radius 1 is 0.917 bits per heavy atom. The second kappa shape index (κ2) is 13.5. The first-order valence-electron chi connectivity index (χ1n) is 10.2. The summed E-state index contributed by atoms with van der Waals surface area (Å²) in [5, 5.41) is 9.88. The molecule has 0 saturated carbocycles. The van der Waals surface area contributed by atoms with E-state index < -0.39 is 6.10 Å². The van der Waals surface area contributed by atoms with E-state index in [-0.39, 0.29) is 18.0 Å². The van der Waals surface area contributed by atoms with Crippen molar-refractivity contribution in [2.75, 3.05) is 0 Å². The summed E-state index contributed by atoms with van der Waals surface area (Å²) in [6.45, 7) is 4.02. The van der Waals surface area contributed by atoms with Crippen molar-refractivity contribution in [3.8, 4) is 0 Å². The van der Waals surface area contributed by atoms with Gasteiger partial charge in [0.1, 0.15) is 12.2 Å². The molecule has 1 fully saturated rings. The van der Waals surface area contributed by atoms with Crippen LogP contribution in [0.25, 0.3) is 0 Å². The van der Waals surface area contributed by atoms with Crippen molar-refractivity contribution >= 4 is 5.97 Å². The van der Waals surface area contributed by atoms with Crippen molar-refractivity contribution in [3.63, 3.8) is 0 Å². The number of cyclic esters (lactones) is 1. The minimum Gasteiger partial charge on any atom is -0.460 e. The first-order chi connectivity index (χ1) is 11.7. The van der Waals surface area contributed by atoms with Gasteiger partial charge in [0.25, 0.3) is 0 Å². The van der Waals surface area contributed by atoms with Crippen LogP contribution in [-0.2, 0) is 9.53 Å². The molecule has 0 aliphatic carbocycles. The predicted molar refractivity (Wildman–Crippen MR) is 99.9 cm³/mol. The molecular weight excluding hydrogens is 300 g/mol. The average molecular weight is 339 g/mol. The van der Waals surface area contributed by atoms with E-state index in [2.05, 4.69) is 19.1 Å². The molecule has 3 heteroatoms. The molecule has 0 bridgehead atoms. The SMILES string of the molecule is CCCCCCCC/C=C\CCCCCC[C@H]1C(=O)O[C@@H](C)[C@H]1O. The molecule has 24 heavy (non-hydrogen) atoms. The molecule has 3 atom stereocenters. The van der Waals surface area contributed by atoms with Gasteiger partial charge in [-0.15, -0.1) is 0 Å². The van der Waals surface area contributed by atoms with E-state index in [1.54, 1.807) is 6.92 Å². The summed E-state index contributed by atoms with van der Waals surface area (Å²) >= 11 is 0. The summed E-state index contributed by atoms with van der Waals surface area (Å²) in [7, 11) is 0. The smallest absolute Gasteiger partial charge is 0.312 e. The van der Waals surface area contributed by atoms with Gasteiger partial charge in [-0.2, -0.15) is 0 Å². The van der Waals surface area contributed by atoms with Crippen LogP contribution in [0.1, 0.15) is 97.3 Å². The highest BCUT2D eigenvalue weighted by molar-refractivity contribution is 5.75. The van der Waals surface area contributed by atoms with Crippen LogP contribution in [0.4, 0.5) is 0 Å². The lowest BCUT2D eigenvalue weighted by Gasteiger charge is -2.11. The first kappa shape index (κ1) is 21.2. The van der Waals surface area contributed by atoms with Gasteiger partial charge in [0.2, 0.25) is 0 Å². The number of rotatable bonds is 14. The third kappa shape index (κ3) is 8.86. The Kier molecular flexibility index (Phi) is 11.9. The maximum absolute atomic E-state index is 11.6. The van der Waals surface area contributed by atoms with Gasteiger partial charge in [-0.1, -0.05) is 70.4 Å². The van der Waals surface area contributed by atoms with E-state index in [9.17, 15) is 9.90 Å². The molecule has 0 radical (unpaired) electrons. The Bertz CT molecular complexity index is 351. The topological polar surface area (TPSA) is 46.5 Å². The second-order valence-corrected chi connectivity index (χ2v) is 7.26. The maximum Gasteiger partial charge on any atom is 0.312 e. The van der Waals surface area contributed by atoms with E-state index in [4.69, 9.17) is 4.74 Å². The summed E-state index contributed by atoms with van der Waals surface area (Å²) in [5.74, 6) is -0.509. The molecule has 1 heterocycles. The molecule has 140 valence electrons. The number of allylic oxidation sites excluding steroid dienone is 2.